The average molecular weight is 468 g/mol. The molecule has 1 fully saturated rings. The topological polar surface area (TPSA) is 44.3 Å². The van der Waals surface area contributed by atoms with Gasteiger partial charge in [-0.05, 0) is 63.1 Å². The molecule has 3 aromatic rings. The van der Waals surface area contributed by atoms with E-state index in [1.807, 2.05) is 23.5 Å². The van der Waals surface area contributed by atoms with Gasteiger partial charge in [-0.2, -0.15) is 0 Å². The SMILES string of the molecule is C[C@@H](c1cccc(Cl)c1)N1CCN(c2ncnc3cc(C4=CCNCC4)sc23)CC1(C)C. The highest BCUT2D eigenvalue weighted by Crippen LogP contribution is 2.39. The molecule has 1 atom stereocenters. The van der Waals surface area contributed by atoms with Crippen molar-refractivity contribution in [2.45, 2.75) is 38.8 Å². The monoisotopic (exact) mass is 467 g/mol. The Labute approximate surface area is 199 Å². The molecule has 32 heavy (non-hydrogen) atoms. The zero-order valence-corrected chi connectivity index (χ0v) is 20.5. The molecule has 1 saturated heterocycles. The molecule has 1 N–H and O–H groups in total. The van der Waals surface area contributed by atoms with Gasteiger partial charge >= 0.3 is 0 Å². The second-order valence-corrected chi connectivity index (χ2v) is 10.9. The summed E-state index contributed by atoms with van der Waals surface area (Å²) >= 11 is 8.11. The molecule has 5 nitrogen and oxygen atoms in total. The highest BCUT2D eigenvalue weighted by atomic mass is 35.5. The van der Waals surface area contributed by atoms with E-state index in [0.717, 1.165) is 55.5 Å². The standard InChI is InChI=1S/C25H30ClN5S/c1-17(19-5-4-6-20(26)13-19)31-12-11-30(15-25(31,2)3)24-23-21(28-16-29-24)14-22(32-23)18-7-9-27-10-8-18/h4-7,13-14,16-17,27H,8-12,15H2,1-3H3/t17-/m0/s1. The predicted octanol–water partition coefficient (Wildman–Crippen LogP) is 5.38. The summed E-state index contributed by atoms with van der Waals surface area (Å²) in [6.45, 7) is 11.8. The van der Waals surface area contributed by atoms with E-state index in [9.17, 15) is 0 Å². The Bertz CT molecular complexity index is 1150. The van der Waals surface area contributed by atoms with Crippen LogP contribution in [0.1, 0.15) is 43.7 Å². The van der Waals surface area contributed by atoms with Crippen molar-refractivity contribution >= 4 is 44.5 Å². The third-order valence-corrected chi connectivity index (χ3v) is 8.17. The molecule has 4 heterocycles. The second-order valence-electron chi connectivity index (χ2n) is 9.36. The Hall–Kier alpha value is -1.99. The van der Waals surface area contributed by atoms with E-state index in [-0.39, 0.29) is 5.54 Å². The molecule has 2 aromatic heterocycles. The Morgan fingerprint density at radius 2 is 2.06 bits per heavy atom. The molecule has 0 amide bonds. The van der Waals surface area contributed by atoms with Gasteiger partial charge in [0.25, 0.3) is 0 Å². The molecular weight excluding hydrogens is 438 g/mol. The Kier molecular flexibility index (Phi) is 5.97. The number of aromatic nitrogens is 2. The van der Waals surface area contributed by atoms with E-state index in [1.54, 1.807) is 6.33 Å². The number of nitrogens with one attached hydrogen (secondary N) is 1. The lowest BCUT2D eigenvalue weighted by Crippen LogP contribution is -2.60. The van der Waals surface area contributed by atoms with Crippen LogP contribution in [0.4, 0.5) is 5.82 Å². The van der Waals surface area contributed by atoms with E-state index < -0.39 is 0 Å². The summed E-state index contributed by atoms with van der Waals surface area (Å²) in [5.41, 5.74) is 3.75. The largest absolute Gasteiger partial charge is 0.352 e. The van der Waals surface area contributed by atoms with Gasteiger partial charge in [-0.25, -0.2) is 9.97 Å². The lowest BCUT2D eigenvalue weighted by atomic mass is 9.94. The van der Waals surface area contributed by atoms with Crippen LogP contribution in [0.5, 0.6) is 0 Å². The maximum absolute atomic E-state index is 6.27. The van der Waals surface area contributed by atoms with Crippen molar-refractivity contribution in [2.24, 2.45) is 0 Å². The van der Waals surface area contributed by atoms with Gasteiger partial charge in [0.15, 0.2) is 0 Å². The van der Waals surface area contributed by atoms with Gasteiger partial charge in [0.05, 0.1) is 10.2 Å². The number of anilines is 1. The molecule has 2 aliphatic heterocycles. The molecule has 2 aliphatic rings. The normalized spacial score (nSPS) is 20.4. The zero-order chi connectivity index (χ0) is 22.3. The molecule has 0 spiro atoms. The van der Waals surface area contributed by atoms with Crippen molar-refractivity contribution in [3.63, 3.8) is 0 Å². The maximum atomic E-state index is 6.27. The van der Waals surface area contributed by atoms with Crippen molar-refractivity contribution in [3.05, 3.63) is 58.2 Å². The summed E-state index contributed by atoms with van der Waals surface area (Å²) < 4.78 is 1.20. The van der Waals surface area contributed by atoms with Crippen LogP contribution in [0, 0.1) is 0 Å². The van der Waals surface area contributed by atoms with Crippen LogP contribution in [0.3, 0.4) is 0 Å². The van der Waals surface area contributed by atoms with Crippen LogP contribution in [-0.4, -0.2) is 53.1 Å². The van der Waals surface area contributed by atoms with Crippen molar-refractivity contribution in [3.8, 4) is 0 Å². The first-order chi connectivity index (χ1) is 15.4. The van der Waals surface area contributed by atoms with E-state index >= 15 is 0 Å². The van der Waals surface area contributed by atoms with Crippen molar-refractivity contribution in [1.29, 1.82) is 0 Å². The fourth-order valence-corrected chi connectivity index (χ4v) is 6.48. The van der Waals surface area contributed by atoms with Crippen LogP contribution in [0.25, 0.3) is 15.8 Å². The third-order valence-electron chi connectivity index (χ3n) is 6.74. The minimum Gasteiger partial charge on any atom is -0.352 e. The fraction of sp³-hybridized carbons (Fsp3) is 0.440. The molecule has 5 rings (SSSR count). The van der Waals surface area contributed by atoms with E-state index in [1.165, 1.54) is 20.7 Å². The number of nitrogens with zero attached hydrogens (tertiary/aromatic N) is 4. The minimum absolute atomic E-state index is 0.00505. The smallest absolute Gasteiger partial charge is 0.150 e. The molecule has 0 aliphatic carbocycles. The van der Waals surface area contributed by atoms with E-state index in [4.69, 9.17) is 16.6 Å². The number of thiophene rings is 1. The predicted molar refractivity (Wildman–Crippen MR) is 136 cm³/mol. The lowest BCUT2D eigenvalue weighted by molar-refractivity contribution is 0.0632. The van der Waals surface area contributed by atoms with E-state index in [0.29, 0.717) is 6.04 Å². The van der Waals surface area contributed by atoms with Gasteiger partial charge in [0.2, 0.25) is 0 Å². The summed E-state index contributed by atoms with van der Waals surface area (Å²) in [6, 6.07) is 10.8. The number of rotatable bonds is 4. The van der Waals surface area contributed by atoms with Crippen molar-refractivity contribution in [1.82, 2.24) is 20.2 Å². The number of benzene rings is 1. The summed E-state index contributed by atoms with van der Waals surface area (Å²) in [7, 11) is 0. The first-order valence-corrected chi connectivity index (χ1v) is 12.5. The number of fused-ring (bicyclic) bond motifs is 1. The van der Waals surface area contributed by atoms with Gasteiger partial charge in [0, 0.05) is 47.7 Å². The van der Waals surface area contributed by atoms with Crippen LogP contribution in [0.2, 0.25) is 5.02 Å². The van der Waals surface area contributed by atoms with Crippen LogP contribution >= 0.6 is 22.9 Å². The Balaban J connectivity index is 1.41. The molecule has 7 heteroatoms. The van der Waals surface area contributed by atoms with Gasteiger partial charge < -0.3 is 10.2 Å². The van der Waals surface area contributed by atoms with E-state index in [2.05, 4.69) is 65.1 Å². The quantitative estimate of drug-likeness (QED) is 0.557. The number of halogens is 1. The highest BCUT2D eigenvalue weighted by Gasteiger charge is 2.38. The number of hydrogen-bond donors (Lipinski definition) is 1. The number of hydrogen-bond acceptors (Lipinski definition) is 6. The molecule has 0 saturated carbocycles. The molecule has 0 bridgehead atoms. The molecule has 0 radical (unpaired) electrons. The highest BCUT2D eigenvalue weighted by molar-refractivity contribution is 7.20. The summed E-state index contributed by atoms with van der Waals surface area (Å²) in [5.74, 6) is 1.07. The fourth-order valence-electron chi connectivity index (χ4n) is 5.08. The summed E-state index contributed by atoms with van der Waals surface area (Å²) in [6.07, 6.45) is 5.10. The molecule has 168 valence electrons. The first-order valence-electron chi connectivity index (χ1n) is 11.3. The lowest BCUT2D eigenvalue weighted by Gasteiger charge is -2.50. The van der Waals surface area contributed by atoms with Gasteiger partial charge in [-0.1, -0.05) is 29.8 Å². The zero-order valence-electron chi connectivity index (χ0n) is 18.9. The molecule has 0 unspecified atom stereocenters. The number of piperazine rings is 1. The van der Waals surface area contributed by atoms with Crippen molar-refractivity contribution < 1.29 is 0 Å². The Morgan fingerprint density at radius 1 is 1.19 bits per heavy atom. The van der Waals surface area contributed by atoms with Crippen LogP contribution in [0.15, 0.2) is 42.7 Å². The van der Waals surface area contributed by atoms with Gasteiger partial charge in [0.1, 0.15) is 12.1 Å². The minimum atomic E-state index is -0.00505. The average Bonchev–Trinajstić information content (AvgIpc) is 3.23. The third kappa shape index (κ3) is 4.17. The van der Waals surface area contributed by atoms with Crippen LogP contribution < -0.4 is 10.2 Å². The summed E-state index contributed by atoms with van der Waals surface area (Å²) in [5, 5.41) is 4.20. The Morgan fingerprint density at radius 3 is 2.81 bits per heavy atom. The van der Waals surface area contributed by atoms with Crippen molar-refractivity contribution in [2.75, 3.05) is 37.6 Å². The second kappa shape index (κ2) is 8.75. The molecular formula is C25H30ClN5S. The maximum Gasteiger partial charge on any atom is 0.150 e. The first kappa shape index (κ1) is 21.8. The molecule has 1 aromatic carbocycles. The van der Waals surface area contributed by atoms with Gasteiger partial charge in [-0.15, -0.1) is 11.3 Å². The summed E-state index contributed by atoms with van der Waals surface area (Å²) in [4.78, 5) is 15.7. The van der Waals surface area contributed by atoms with Gasteiger partial charge in [-0.3, -0.25) is 4.90 Å². The van der Waals surface area contributed by atoms with Crippen LogP contribution in [-0.2, 0) is 0 Å².